The Balaban J connectivity index is -0.000000256. The van der Waals surface area contributed by atoms with Crippen LogP contribution in [-0.2, 0) is 0 Å². The van der Waals surface area contributed by atoms with Crippen molar-refractivity contribution in [3.05, 3.63) is 10.6 Å². The van der Waals surface area contributed by atoms with Gasteiger partial charge in [-0.15, -0.1) is 22.2 Å². The van der Waals surface area contributed by atoms with Crippen LogP contribution < -0.4 is 0 Å². The Bertz CT molecular complexity index is 171. The average molecular weight is 297 g/mol. The maximum absolute atomic E-state index is 4.54. The fourth-order valence-corrected chi connectivity index (χ4v) is 2.01. The van der Waals surface area contributed by atoms with E-state index in [1.54, 1.807) is 0 Å². The predicted octanol–water partition coefficient (Wildman–Crippen LogP) is 5.53. The summed E-state index contributed by atoms with van der Waals surface area (Å²) in [6.07, 6.45) is 0. The second-order valence-corrected chi connectivity index (χ2v) is 8.91. The third-order valence-electron chi connectivity index (χ3n) is 1.34. The van der Waals surface area contributed by atoms with Crippen LogP contribution in [0.15, 0.2) is 0 Å². The molecule has 0 aromatic carbocycles. The zero-order valence-electron chi connectivity index (χ0n) is 15.6. The zero-order valence-corrected chi connectivity index (χ0v) is 17.8. The van der Waals surface area contributed by atoms with Gasteiger partial charge in [-0.25, -0.2) is 0 Å². The molecule has 0 amide bonds. The van der Waals surface area contributed by atoms with Gasteiger partial charge in [0.15, 0.2) is 0 Å². The Kier molecular flexibility index (Phi) is 11.4. The second kappa shape index (κ2) is 8.58. The predicted molar refractivity (Wildman–Crippen MR) is 91.5 cm³/mol. The van der Waals surface area contributed by atoms with Crippen molar-refractivity contribution in [1.29, 1.82) is 0 Å². The van der Waals surface area contributed by atoms with E-state index in [2.05, 4.69) is 93.7 Å². The molecule has 0 radical (unpaired) electrons. The smallest absolute Gasteiger partial charge is 0.653 e. The molecular formula is C16H36CaN2. The van der Waals surface area contributed by atoms with Gasteiger partial charge in [0.05, 0.1) is 0 Å². The zero-order chi connectivity index (χ0) is 15.4. The van der Waals surface area contributed by atoms with Crippen molar-refractivity contribution in [3.8, 4) is 0 Å². The summed E-state index contributed by atoms with van der Waals surface area (Å²) in [6.45, 7) is 25.5. The standard InChI is InChI=1S/2C8H18N.Ca/c2*1-7(2,3)9-8(4,5)6;/h2*1-6H3;/q2*-1;+2. The molecule has 0 unspecified atom stereocenters. The molecule has 0 aromatic heterocycles. The van der Waals surface area contributed by atoms with Gasteiger partial charge in [0, 0.05) is 0 Å². The molecule has 0 rings (SSSR count). The van der Waals surface area contributed by atoms with Crippen LogP contribution in [0, 0.1) is 0 Å². The molecule has 0 N–H and O–H groups in total. The quantitative estimate of drug-likeness (QED) is 0.526. The topological polar surface area (TPSA) is 28.2 Å². The van der Waals surface area contributed by atoms with Crippen LogP contribution in [0.4, 0.5) is 0 Å². The Hall–Kier alpha value is 1.18. The number of hydrogen-bond acceptors (Lipinski definition) is 0. The van der Waals surface area contributed by atoms with Gasteiger partial charge in [0.25, 0.3) is 0 Å². The first kappa shape index (κ1) is 25.2. The first-order valence-electron chi connectivity index (χ1n) is 6.89. The molecular weight excluding hydrogens is 260 g/mol. The van der Waals surface area contributed by atoms with E-state index in [0.29, 0.717) is 0 Å². The second-order valence-electron chi connectivity index (χ2n) is 8.91. The summed E-state index contributed by atoms with van der Waals surface area (Å²) in [6, 6.07) is 0. The van der Waals surface area contributed by atoms with E-state index in [9.17, 15) is 0 Å². The molecule has 0 spiro atoms. The third kappa shape index (κ3) is 32.6. The van der Waals surface area contributed by atoms with E-state index in [-0.39, 0.29) is 59.9 Å². The fourth-order valence-electron chi connectivity index (χ4n) is 2.01. The average Bonchev–Trinajstić information content (AvgIpc) is 1.64. The van der Waals surface area contributed by atoms with Crippen LogP contribution in [0.1, 0.15) is 83.1 Å². The molecule has 0 aliphatic rings. The van der Waals surface area contributed by atoms with Gasteiger partial charge in [-0.05, 0) is 0 Å². The van der Waals surface area contributed by atoms with Gasteiger partial charge in [0.2, 0.25) is 0 Å². The van der Waals surface area contributed by atoms with Gasteiger partial charge < -0.3 is 10.6 Å². The molecule has 0 aromatic rings. The summed E-state index contributed by atoms with van der Waals surface area (Å²) < 4.78 is 0. The van der Waals surface area contributed by atoms with E-state index >= 15 is 0 Å². The van der Waals surface area contributed by atoms with Crippen molar-refractivity contribution in [2.75, 3.05) is 0 Å². The van der Waals surface area contributed by atoms with E-state index in [4.69, 9.17) is 0 Å². The normalized spacial score (nSPS) is 13.3. The Labute approximate surface area is 152 Å². The van der Waals surface area contributed by atoms with E-state index in [0.717, 1.165) is 0 Å². The molecule has 0 aliphatic heterocycles. The Morgan fingerprint density at radius 3 is 0.474 bits per heavy atom. The third-order valence-corrected chi connectivity index (χ3v) is 1.34. The summed E-state index contributed by atoms with van der Waals surface area (Å²) in [7, 11) is 0. The summed E-state index contributed by atoms with van der Waals surface area (Å²) in [5, 5.41) is 9.08. The van der Waals surface area contributed by atoms with Crippen LogP contribution in [0.25, 0.3) is 10.6 Å². The van der Waals surface area contributed by atoms with Crippen LogP contribution in [0.2, 0.25) is 0 Å². The Morgan fingerprint density at radius 1 is 0.368 bits per heavy atom. The molecule has 19 heavy (non-hydrogen) atoms. The minimum atomic E-state index is 0. The number of nitrogens with zero attached hydrogens (tertiary/aromatic N) is 2. The molecule has 112 valence electrons. The summed E-state index contributed by atoms with van der Waals surface area (Å²) in [5.41, 5.74) is 0.438. The number of hydrogen-bond donors (Lipinski definition) is 0. The van der Waals surface area contributed by atoms with Gasteiger partial charge >= 0.3 is 37.7 Å². The van der Waals surface area contributed by atoms with Crippen molar-refractivity contribution in [3.63, 3.8) is 0 Å². The van der Waals surface area contributed by atoms with E-state index in [1.165, 1.54) is 0 Å². The number of rotatable bonds is 0. The minimum absolute atomic E-state index is 0. The first-order valence-corrected chi connectivity index (χ1v) is 6.89. The van der Waals surface area contributed by atoms with Crippen molar-refractivity contribution in [2.24, 2.45) is 0 Å². The molecule has 0 aliphatic carbocycles. The van der Waals surface area contributed by atoms with Crippen molar-refractivity contribution in [2.45, 2.75) is 105 Å². The van der Waals surface area contributed by atoms with Crippen LogP contribution in [0.3, 0.4) is 0 Å². The first-order chi connectivity index (χ1) is 7.41. The van der Waals surface area contributed by atoms with Crippen LogP contribution in [0.5, 0.6) is 0 Å². The molecule has 0 heterocycles. The summed E-state index contributed by atoms with van der Waals surface area (Å²) in [4.78, 5) is 0. The van der Waals surface area contributed by atoms with Crippen molar-refractivity contribution >= 4 is 37.7 Å². The Morgan fingerprint density at radius 2 is 0.474 bits per heavy atom. The summed E-state index contributed by atoms with van der Waals surface area (Å²) >= 11 is 0. The van der Waals surface area contributed by atoms with Gasteiger partial charge in [-0.2, -0.15) is 0 Å². The molecule has 0 bridgehead atoms. The molecule has 3 heteroatoms. The molecule has 0 saturated carbocycles. The van der Waals surface area contributed by atoms with Crippen LogP contribution >= 0.6 is 0 Å². The van der Waals surface area contributed by atoms with Crippen molar-refractivity contribution in [1.82, 2.24) is 0 Å². The van der Waals surface area contributed by atoms with E-state index in [1.807, 2.05) is 0 Å². The maximum atomic E-state index is 4.54. The summed E-state index contributed by atoms with van der Waals surface area (Å²) in [5.74, 6) is 0. The molecule has 0 atom stereocenters. The molecule has 2 nitrogen and oxygen atoms in total. The molecule has 0 fully saturated rings. The van der Waals surface area contributed by atoms with Crippen molar-refractivity contribution < 1.29 is 0 Å². The van der Waals surface area contributed by atoms with E-state index < -0.39 is 0 Å². The van der Waals surface area contributed by atoms with Gasteiger partial charge in [0.1, 0.15) is 0 Å². The minimum Gasteiger partial charge on any atom is -0.653 e. The SMILES string of the molecule is CC(C)(C)[N-]C(C)(C)C.CC(C)(C)[N-]C(C)(C)C.[Ca+2]. The fraction of sp³-hybridized carbons (Fsp3) is 1.00. The monoisotopic (exact) mass is 296 g/mol. The maximum Gasteiger partial charge on any atom is 2.00 e. The van der Waals surface area contributed by atoms with Crippen LogP contribution in [-0.4, -0.2) is 59.9 Å². The largest absolute Gasteiger partial charge is 2.00 e. The van der Waals surface area contributed by atoms with Gasteiger partial charge in [-0.3, -0.25) is 0 Å². The molecule has 0 saturated heterocycles. The van der Waals surface area contributed by atoms with Gasteiger partial charge in [-0.1, -0.05) is 83.1 Å².